The number of halogens is 1. The van der Waals surface area contributed by atoms with Crippen LogP contribution in [-0.2, 0) is 7.05 Å². The van der Waals surface area contributed by atoms with Crippen LogP contribution < -0.4 is 20.7 Å². The smallest absolute Gasteiger partial charge is 0.142 e. The van der Waals surface area contributed by atoms with Crippen molar-refractivity contribution in [2.24, 2.45) is 12.9 Å². The van der Waals surface area contributed by atoms with Crippen LogP contribution >= 0.6 is 15.9 Å². The Kier molecular flexibility index (Phi) is 4.64. The molecule has 1 unspecified atom stereocenters. The predicted octanol–water partition coefficient (Wildman–Crippen LogP) is 1.75. The van der Waals surface area contributed by atoms with Crippen LogP contribution in [0, 0.1) is 0 Å². The number of ether oxygens (including phenoxy) is 2. The minimum absolute atomic E-state index is 0.236. The number of benzene rings is 1. The minimum atomic E-state index is -0.236. The lowest BCUT2D eigenvalue weighted by atomic mass is 10.0. The molecule has 0 bridgehead atoms. The van der Waals surface area contributed by atoms with Crippen molar-refractivity contribution >= 4 is 15.9 Å². The van der Waals surface area contributed by atoms with Crippen LogP contribution in [0.4, 0.5) is 0 Å². The molecule has 0 saturated heterocycles. The fraction of sp³-hybridized carbons (Fsp3) is 0.308. The summed E-state index contributed by atoms with van der Waals surface area (Å²) in [5.41, 5.74) is 4.63. The van der Waals surface area contributed by atoms with E-state index >= 15 is 0 Å². The summed E-state index contributed by atoms with van der Waals surface area (Å²) in [6.07, 6.45) is 1.73. The molecule has 1 atom stereocenters. The van der Waals surface area contributed by atoms with Crippen molar-refractivity contribution in [3.8, 4) is 11.5 Å². The SMILES string of the molecule is COc1ccc(C(NN)c2ccnn2C)c(OC)c1Br. The van der Waals surface area contributed by atoms with Gasteiger partial charge in [-0.15, -0.1) is 0 Å². The van der Waals surface area contributed by atoms with Gasteiger partial charge in [-0.05, 0) is 34.1 Å². The molecule has 0 radical (unpaired) electrons. The highest BCUT2D eigenvalue weighted by molar-refractivity contribution is 9.10. The topological polar surface area (TPSA) is 74.3 Å². The van der Waals surface area contributed by atoms with Crippen molar-refractivity contribution in [1.29, 1.82) is 0 Å². The molecular weight excluding hydrogens is 324 g/mol. The molecule has 6 nitrogen and oxygen atoms in total. The molecule has 0 spiro atoms. The maximum Gasteiger partial charge on any atom is 0.142 e. The van der Waals surface area contributed by atoms with E-state index in [2.05, 4.69) is 26.5 Å². The van der Waals surface area contributed by atoms with E-state index in [1.165, 1.54) is 0 Å². The van der Waals surface area contributed by atoms with Gasteiger partial charge in [0, 0.05) is 18.8 Å². The van der Waals surface area contributed by atoms with Gasteiger partial charge in [-0.25, -0.2) is 5.43 Å². The Bertz CT molecular complexity index is 600. The first-order chi connectivity index (χ1) is 9.63. The summed E-state index contributed by atoms with van der Waals surface area (Å²) in [5, 5.41) is 4.17. The van der Waals surface area contributed by atoms with Crippen molar-refractivity contribution in [2.75, 3.05) is 14.2 Å². The van der Waals surface area contributed by atoms with Gasteiger partial charge in [0.05, 0.1) is 26.0 Å². The van der Waals surface area contributed by atoms with Gasteiger partial charge in [0.1, 0.15) is 16.0 Å². The predicted molar refractivity (Wildman–Crippen MR) is 79.6 cm³/mol. The van der Waals surface area contributed by atoms with Crippen LogP contribution in [0.1, 0.15) is 17.3 Å². The maximum atomic E-state index is 5.72. The summed E-state index contributed by atoms with van der Waals surface area (Å²) in [4.78, 5) is 0. The summed E-state index contributed by atoms with van der Waals surface area (Å²) in [7, 11) is 5.09. The molecule has 0 amide bonds. The molecule has 0 saturated carbocycles. The Morgan fingerprint density at radius 3 is 2.55 bits per heavy atom. The number of nitrogens with one attached hydrogen (secondary N) is 1. The van der Waals surface area contributed by atoms with Crippen LogP contribution in [-0.4, -0.2) is 24.0 Å². The van der Waals surface area contributed by atoms with Gasteiger partial charge in [0.25, 0.3) is 0 Å². The number of aryl methyl sites for hydroxylation is 1. The third-order valence-corrected chi connectivity index (χ3v) is 3.90. The van der Waals surface area contributed by atoms with E-state index in [9.17, 15) is 0 Å². The number of hydrogen-bond acceptors (Lipinski definition) is 5. The van der Waals surface area contributed by atoms with Crippen LogP contribution in [0.2, 0.25) is 0 Å². The Morgan fingerprint density at radius 1 is 1.30 bits per heavy atom. The molecule has 2 aromatic rings. The lowest BCUT2D eigenvalue weighted by Crippen LogP contribution is -2.30. The molecule has 0 aliphatic carbocycles. The number of hydrazine groups is 1. The van der Waals surface area contributed by atoms with Crippen molar-refractivity contribution in [3.05, 3.63) is 40.1 Å². The molecule has 3 N–H and O–H groups in total. The van der Waals surface area contributed by atoms with Crippen LogP contribution in [0.3, 0.4) is 0 Å². The number of aromatic nitrogens is 2. The highest BCUT2D eigenvalue weighted by atomic mass is 79.9. The Morgan fingerprint density at radius 2 is 2.05 bits per heavy atom. The molecule has 108 valence electrons. The van der Waals surface area contributed by atoms with Crippen LogP contribution in [0.5, 0.6) is 11.5 Å². The zero-order valence-corrected chi connectivity index (χ0v) is 13.1. The lowest BCUT2D eigenvalue weighted by molar-refractivity contribution is 0.382. The first kappa shape index (κ1) is 14.8. The summed E-state index contributed by atoms with van der Waals surface area (Å²) in [5.74, 6) is 7.09. The highest BCUT2D eigenvalue weighted by Crippen LogP contribution is 2.40. The number of nitrogens with zero attached hydrogens (tertiary/aromatic N) is 2. The standard InChI is InChI=1S/C13H17BrN4O2/c1-18-9(6-7-16-18)12(17-15)8-4-5-10(19-2)11(14)13(8)20-3/h4-7,12,17H,15H2,1-3H3. The van der Waals surface area contributed by atoms with Crippen molar-refractivity contribution in [2.45, 2.75) is 6.04 Å². The highest BCUT2D eigenvalue weighted by Gasteiger charge is 2.23. The van der Waals surface area contributed by atoms with Crippen molar-refractivity contribution in [1.82, 2.24) is 15.2 Å². The monoisotopic (exact) mass is 340 g/mol. The molecule has 0 aliphatic rings. The number of methoxy groups -OCH3 is 2. The molecule has 1 aromatic heterocycles. The van der Waals surface area contributed by atoms with E-state index in [0.29, 0.717) is 11.5 Å². The number of hydrogen-bond donors (Lipinski definition) is 2. The largest absolute Gasteiger partial charge is 0.495 e. The molecule has 20 heavy (non-hydrogen) atoms. The average molecular weight is 341 g/mol. The van der Waals surface area contributed by atoms with Gasteiger partial charge in [-0.3, -0.25) is 10.5 Å². The van der Waals surface area contributed by atoms with E-state index in [4.69, 9.17) is 15.3 Å². The Balaban J connectivity index is 2.56. The summed E-state index contributed by atoms with van der Waals surface area (Å²) in [6, 6.07) is 5.45. The zero-order chi connectivity index (χ0) is 14.7. The van der Waals surface area contributed by atoms with Crippen molar-refractivity contribution in [3.63, 3.8) is 0 Å². The lowest BCUT2D eigenvalue weighted by Gasteiger charge is -2.21. The zero-order valence-electron chi connectivity index (χ0n) is 11.6. The summed E-state index contributed by atoms with van der Waals surface area (Å²) < 4.78 is 13.3. The van der Waals surface area contributed by atoms with Gasteiger partial charge in [0.2, 0.25) is 0 Å². The molecule has 0 fully saturated rings. The number of rotatable bonds is 5. The molecule has 2 rings (SSSR count). The quantitative estimate of drug-likeness (QED) is 0.640. The average Bonchev–Trinajstić information content (AvgIpc) is 2.86. The molecular formula is C13H17BrN4O2. The van der Waals surface area contributed by atoms with E-state index in [-0.39, 0.29) is 6.04 Å². The summed E-state index contributed by atoms with van der Waals surface area (Å²) in [6.45, 7) is 0. The second-order valence-corrected chi connectivity index (χ2v) is 4.98. The maximum absolute atomic E-state index is 5.72. The fourth-order valence-corrected chi connectivity index (χ4v) is 2.83. The normalized spacial score (nSPS) is 12.2. The summed E-state index contributed by atoms with van der Waals surface area (Å²) >= 11 is 3.49. The van der Waals surface area contributed by atoms with E-state index in [1.807, 2.05) is 25.2 Å². The number of nitrogens with two attached hydrogens (primary N) is 1. The van der Waals surface area contributed by atoms with Gasteiger partial charge in [-0.2, -0.15) is 5.10 Å². The Hall–Kier alpha value is -1.57. The van der Waals surface area contributed by atoms with Crippen LogP contribution in [0.25, 0.3) is 0 Å². The molecule has 7 heteroatoms. The molecule has 1 aromatic carbocycles. The van der Waals surface area contributed by atoms with Crippen LogP contribution in [0.15, 0.2) is 28.9 Å². The Labute approximate surface area is 126 Å². The van der Waals surface area contributed by atoms with Crippen molar-refractivity contribution < 1.29 is 9.47 Å². The van der Waals surface area contributed by atoms with E-state index in [0.717, 1.165) is 15.7 Å². The van der Waals surface area contributed by atoms with Gasteiger partial charge >= 0.3 is 0 Å². The van der Waals surface area contributed by atoms with E-state index in [1.54, 1.807) is 25.1 Å². The molecule has 0 aliphatic heterocycles. The van der Waals surface area contributed by atoms with Gasteiger partial charge in [-0.1, -0.05) is 0 Å². The van der Waals surface area contributed by atoms with Gasteiger partial charge in [0.15, 0.2) is 0 Å². The minimum Gasteiger partial charge on any atom is -0.495 e. The van der Waals surface area contributed by atoms with E-state index < -0.39 is 0 Å². The third-order valence-electron chi connectivity index (χ3n) is 3.15. The van der Waals surface area contributed by atoms with Gasteiger partial charge < -0.3 is 9.47 Å². The first-order valence-electron chi connectivity index (χ1n) is 5.98. The second-order valence-electron chi connectivity index (χ2n) is 4.18. The second kappa shape index (κ2) is 6.25. The fourth-order valence-electron chi connectivity index (χ4n) is 2.15. The third kappa shape index (κ3) is 2.52. The first-order valence-corrected chi connectivity index (χ1v) is 6.77. The molecule has 1 heterocycles.